The summed E-state index contributed by atoms with van der Waals surface area (Å²) in [5, 5.41) is 42.5. The zero-order valence-electron chi connectivity index (χ0n) is 31.8. The first kappa shape index (κ1) is 43.5. The zero-order chi connectivity index (χ0) is 40.3. The second kappa shape index (κ2) is 26.3. The van der Waals surface area contributed by atoms with Gasteiger partial charge in [-0.25, -0.2) is 9.36 Å². The number of rotatable bonds is 4. The Morgan fingerprint density at radius 2 is 0.983 bits per heavy atom. The van der Waals surface area contributed by atoms with E-state index < -0.39 is 0 Å². The Morgan fingerprint density at radius 1 is 0.500 bits per heavy atom. The van der Waals surface area contributed by atoms with E-state index in [1.807, 2.05) is 126 Å². The fourth-order valence-corrected chi connectivity index (χ4v) is 5.95. The van der Waals surface area contributed by atoms with Crippen molar-refractivity contribution in [1.82, 2.24) is 76.3 Å². The maximum absolute atomic E-state index is 4.17. The van der Waals surface area contributed by atoms with E-state index in [0.717, 1.165) is 79.8 Å². The van der Waals surface area contributed by atoms with Gasteiger partial charge in [-0.05, 0) is 87.1 Å². The molecule has 0 atom stereocenters. The number of anilines is 1. The molecular formula is C40H46BrIN16. The van der Waals surface area contributed by atoms with Gasteiger partial charge in [-0.15, -0.1) is 15.3 Å². The van der Waals surface area contributed by atoms with Gasteiger partial charge in [0, 0.05) is 55.9 Å². The lowest BCUT2D eigenvalue weighted by atomic mass is 10.3. The minimum absolute atomic E-state index is 0.855. The smallest absolute Gasteiger partial charge is 0.153 e. The van der Waals surface area contributed by atoms with Crippen molar-refractivity contribution in [1.29, 1.82) is 0 Å². The Kier molecular flexibility index (Phi) is 19.7. The quantitative estimate of drug-likeness (QED) is 0.169. The van der Waals surface area contributed by atoms with Gasteiger partial charge in [-0.2, -0.15) is 20.1 Å². The highest BCUT2D eigenvalue weighted by Crippen LogP contribution is 2.18. The van der Waals surface area contributed by atoms with Gasteiger partial charge in [0.05, 0.1) is 54.2 Å². The molecule has 16 nitrogen and oxygen atoms in total. The number of para-hydroxylation sites is 3. The molecule has 300 valence electrons. The molecule has 0 spiro atoms. The van der Waals surface area contributed by atoms with Crippen LogP contribution >= 0.6 is 38.5 Å². The Labute approximate surface area is 359 Å². The molecule has 0 radical (unpaired) electrons. The van der Waals surface area contributed by atoms with Crippen molar-refractivity contribution in [3.63, 3.8) is 0 Å². The SMILES string of the molecule is Brc1cnnn1-c1ccccc1.C1CNCCN1.Ic1ccccc1.c1ccc(-n2ccnn2)cc1.c1ccc(-n2nncc2N2CCNCC2)cc1.c1cn[nH]n1. The van der Waals surface area contributed by atoms with E-state index in [4.69, 9.17) is 0 Å². The van der Waals surface area contributed by atoms with Gasteiger partial charge in [0.25, 0.3) is 0 Å². The lowest BCUT2D eigenvalue weighted by Gasteiger charge is -2.28. The second-order valence-electron chi connectivity index (χ2n) is 12.0. The summed E-state index contributed by atoms with van der Waals surface area (Å²) in [5.41, 5.74) is 3.09. The molecule has 2 fully saturated rings. The van der Waals surface area contributed by atoms with Crippen molar-refractivity contribution in [2.45, 2.75) is 0 Å². The Morgan fingerprint density at radius 3 is 1.41 bits per heavy atom. The molecule has 8 aromatic rings. The van der Waals surface area contributed by atoms with Crippen LogP contribution in [0.3, 0.4) is 0 Å². The van der Waals surface area contributed by atoms with Crippen LogP contribution < -0.4 is 20.9 Å². The van der Waals surface area contributed by atoms with Gasteiger partial charge in [0.15, 0.2) is 5.82 Å². The third-order valence-electron chi connectivity index (χ3n) is 7.95. The van der Waals surface area contributed by atoms with Gasteiger partial charge in [0.1, 0.15) is 4.60 Å². The highest BCUT2D eigenvalue weighted by atomic mass is 127. The van der Waals surface area contributed by atoms with Crippen LogP contribution in [-0.2, 0) is 0 Å². The van der Waals surface area contributed by atoms with E-state index in [-0.39, 0.29) is 0 Å². The molecule has 4 N–H and O–H groups in total. The lowest BCUT2D eigenvalue weighted by molar-refractivity contribution is 0.534. The minimum Gasteiger partial charge on any atom is -0.353 e. The molecular weight excluding hydrogens is 911 g/mol. The van der Waals surface area contributed by atoms with Crippen LogP contribution in [0.5, 0.6) is 0 Å². The number of piperazine rings is 2. The third kappa shape index (κ3) is 15.7. The molecule has 6 heterocycles. The monoisotopic (exact) mass is 956 g/mol. The van der Waals surface area contributed by atoms with Crippen LogP contribution in [0.25, 0.3) is 17.1 Å². The van der Waals surface area contributed by atoms with Crippen LogP contribution in [0.2, 0.25) is 0 Å². The van der Waals surface area contributed by atoms with Crippen molar-refractivity contribution >= 4 is 44.3 Å². The molecule has 2 aliphatic heterocycles. The maximum atomic E-state index is 4.17. The van der Waals surface area contributed by atoms with Crippen LogP contribution in [0.15, 0.2) is 163 Å². The molecule has 2 saturated heterocycles. The van der Waals surface area contributed by atoms with Gasteiger partial charge < -0.3 is 20.9 Å². The molecule has 10 rings (SSSR count). The molecule has 18 heteroatoms. The highest BCUT2D eigenvalue weighted by molar-refractivity contribution is 14.1. The number of H-pyrrole nitrogens is 1. The number of halogens is 2. The summed E-state index contributed by atoms with van der Waals surface area (Å²) >= 11 is 5.62. The van der Waals surface area contributed by atoms with E-state index in [9.17, 15) is 0 Å². The van der Waals surface area contributed by atoms with Crippen molar-refractivity contribution in [3.05, 3.63) is 167 Å². The Bertz CT molecular complexity index is 2110. The van der Waals surface area contributed by atoms with Gasteiger partial charge in [-0.3, -0.25) is 0 Å². The minimum atomic E-state index is 0.855. The first-order chi connectivity index (χ1) is 28.7. The predicted octanol–water partition coefficient (Wildman–Crippen LogP) is 5.25. The number of hydrogen-bond donors (Lipinski definition) is 4. The maximum Gasteiger partial charge on any atom is 0.153 e. The van der Waals surface area contributed by atoms with E-state index in [1.165, 1.54) is 3.57 Å². The number of nitrogens with one attached hydrogen (secondary N) is 4. The predicted molar refractivity (Wildman–Crippen MR) is 238 cm³/mol. The van der Waals surface area contributed by atoms with Gasteiger partial charge in [0.2, 0.25) is 0 Å². The summed E-state index contributed by atoms with van der Waals surface area (Å²) in [7, 11) is 0. The molecule has 0 saturated carbocycles. The fraction of sp³-hybridized carbons (Fsp3) is 0.200. The molecule has 2 aliphatic rings. The molecule has 58 heavy (non-hydrogen) atoms. The third-order valence-corrected chi connectivity index (χ3v) is 9.21. The second-order valence-corrected chi connectivity index (χ2v) is 14.1. The molecule has 4 aromatic carbocycles. The summed E-state index contributed by atoms with van der Waals surface area (Å²) in [6.45, 7) is 8.58. The molecule has 0 bridgehead atoms. The average molecular weight is 958 g/mol. The molecule has 0 unspecified atom stereocenters. The number of benzene rings is 4. The summed E-state index contributed by atoms with van der Waals surface area (Å²) < 4.78 is 7.49. The zero-order valence-corrected chi connectivity index (χ0v) is 35.5. The summed E-state index contributed by atoms with van der Waals surface area (Å²) in [5.74, 6) is 1.07. The van der Waals surface area contributed by atoms with Gasteiger partial charge >= 0.3 is 0 Å². The average Bonchev–Trinajstić information content (AvgIpc) is 4.17. The molecule has 0 amide bonds. The fourth-order valence-electron chi connectivity index (χ4n) is 5.17. The first-order valence-electron chi connectivity index (χ1n) is 18.6. The van der Waals surface area contributed by atoms with E-state index >= 15 is 0 Å². The van der Waals surface area contributed by atoms with Crippen molar-refractivity contribution in [2.75, 3.05) is 57.3 Å². The number of nitrogens with zero attached hydrogens (tertiary/aromatic N) is 12. The largest absolute Gasteiger partial charge is 0.353 e. The number of aromatic nitrogens is 12. The van der Waals surface area contributed by atoms with Crippen molar-refractivity contribution in [2.24, 2.45) is 0 Å². The highest BCUT2D eigenvalue weighted by Gasteiger charge is 2.16. The Balaban J connectivity index is 0.000000139. The van der Waals surface area contributed by atoms with E-state index in [2.05, 4.69) is 118 Å². The normalized spacial score (nSPS) is 12.9. The summed E-state index contributed by atoms with van der Waals surface area (Å²) in [6, 6.07) is 40.0. The van der Waals surface area contributed by atoms with Crippen LogP contribution in [-0.4, -0.2) is 113 Å². The molecule has 4 aromatic heterocycles. The van der Waals surface area contributed by atoms with Crippen molar-refractivity contribution < 1.29 is 0 Å². The summed E-state index contributed by atoms with van der Waals surface area (Å²) in [4.78, 5) is 2.31. The van der Waals surface area contributed by atoms with Crippen LogP contribution in [0.4, 0.5) is 5.82 Å². The number of aromatic amines is 1. The van der Waals surface area contributed by atoms with Crippen LogP contribution in [0, 0.1) is 3.57 Å². The number of hydrogen-bond acceptors (Lipinski definition) is 12. The topological polar surface area (TPSA) is 173 Å². The Hall–Kier alpha value is -5.67. The van der Waals surface area contributed by atoms with Gasteiger partial charge in [-0.1, -0.05) is 88.4 Å². The summed E-state index contributed by atoms with van der Waals surface area (Å²) in [6.07, 6.45) is 10.1. The standard InChI is InChI=1S/C12H15N5.C8H6BrN3.C8H7N3.C6H5I.C4H10N2.C2H3N3/c1-2-4-11(5-3-1)17-12(10-14-15-17)16-8-6-13-7-9-16;9-8-6-10-11-12(8)7-4-2-1-3-5-7;1-2-4-8(5-3-1)11-7-6-9-10-11;7-6-4-2-1-3-5-6;1-2-6-4-3-5-1;1-2-4-5-3-1/h1-5,10,13H,6-9H2;1-6H;1-7H;1-5H;5-6H,1-4H2;1-2H,(H,3,4,5). The lowest BCUT2D eigenvalue weighted by Crippen LogP contribution is -2.44. The van der Waals surface area contributed by atoms with Crippen molar-refractivity contribution in [3.8, 4) is 17.1 Å². The van der Waals surface area contributed by atoms with E-state index in [1.54, 1.807) is 34.2 Å². The van der Waals surface area contributed by atoms with E-state index in [0.29, 0.717) is 0 Å². The first-order valence-corrected chi connectivity index (χ1v) is 20.4. The van der Waals surface area contributed by atoms with Crippen LogP contribution in [0.1, 0.15) is 0 Å². The molecule has 0 aliphatic carbocycles.